The first-order chi connectivity index (χ1) is 20.4. The number of anilines is 2. The molecule has 0 aliphatic carbocycles. The minimum atomic E-state index is -0.679. The molecule has 0 bridgehead atoms. The molecule has 0 saturated heterocycles. The van der Waals surface area contributed by atoms with Crippen molar-refractivity contribution in [3.05, 3.63) is 88.6 Å². The van der Waals surface area contributed by atoms with E-state index in [9.17, 15) is 14.4 Å². The van der Waals surface area contributed by atoms with E-state index in [1.807, 2.05) is 26.0 Å². The van der Waals surface area contributed by atoms with Crippen LogP contribution < -0.4 is 15.5 Å². The van der Waals surface area contributed by atoms with Crippen molar-refractivity contribution in [2.75, 3.05) is 30.4 Å². The SMILES string of the molecule is COC(=O)CCN(C(=O)c1cc(C)c(C#CCNc2ccc(C(=N)NC(=O)OC(C)(C)C)cc2)cc1C)c1ccccn1. The van der Waals surface area contributed by atoms with E-state index >= 15 is 0 Å². The number of alkyl carbamates (subject to hydrolysis) is 1. The highest BCUT2D eigenvalue weighted by atomic mass is 16.6. The van der Waals surface area contributed by atoms with Crippen molar-refractivity contribution in [3.63, 3.8) is 0 Å². The van der Waals surface area contributed by atoms with Gasteiger partial charge in [0.05, 0.1) is 20.1 Å². The number of methoxy groups -OCH3 is 1. The lowest BCUT2D eigenvalue weighted by Gasteiger charge is -2.22. The summed E-state index contributed by atoms with van der Waals surface area (Å²) >= 11 is 0. The number of benzene rings is 2. The third-order valence-electron chi connectivity index (χ3n) is 6.14. The van der Waals surface area contributed by atoms with E-state index in [1.165, 1.54) is 12.0 Å². The van der Waals surface area contributed by atoms with Gasteiger partial charge in [-0.05, 0) is 94.3 Å². The van der Waals surface area contributed by atoms with Gasteiger partial charge in [0.25, 0.3) is 5.91 Å². The Morgan fingerprint density at radius 1 is 1.02 bits per heavy atom. The zero-order valence-corrected chi connectivity index (χ0v) is 25.3. The van der Waals surface area contributed by atoms with E-state index in [1.54, 1.807) is 69.4 Å². The normalized spacial score (nSPS) is 10.6. The number of hydrogen-bond acceptors (Lipinski definition) is 8. The Morgan fingerprint density at radius 3 is 2.37 bits per heavy atom. The third-order valence-corrected chi connectivity index (χ3v) is 6.14. The number of aryl methyl sites for hydroxylation is 2. The fraction of sp³-hybridized carbons (Fsp3) is 0.303. The van der Waals surface area contributed by atoms with Crippen molar-refractivity contribution in [3.8, 4) is 11.8 Å². The molecule has 2 amide bonds. The van der Waals surface area contributed by atoms with Gasteiger partial charge in [-0.1, -0.05) is 17.9 Å². The molecular weight excluding hydrogens is 546 g/mol. The summed E-state index contributed by atoms with van der Waals surface area (Å²) in [5, 5.41) is 13.7. The molecule has 10 heteroatoms. The molecule has 2 aromatic carbocycles. The number of carbonyl (C=O) groups excluding carboxylic acids is 3. The first kappa shape index (κ1) is 32.3. The van der Waals surface area contributed by atoms with Gasteiger partial charge in [-0.25, -0.2) is 9.78 Å². The smallest absolute Gasteiger partial charge is 0.413 e. The summed E-state index contributed by atoms with van der Waals surface area (Å²) in [7, 11) is 1.31. The van der Waals surface area contributed by atoms with Gasteiger partial charge in [-0.15, -0.1) is 0 Å². The van der Waals surface area contributed by atoms with Crippen molar-refractivity contribution in [2.45, 2.75) is 46.6 Å². The summed E-state index contributed by atoms with van der Waals surface area (Å²) in [6.07, 6.45) is 0.964. The van der Waals surface area contributed by atoms with Crippen LogP contribution in [0.1, 0.15) is 59.8 Å². The second kappa shape index (κ2) is 14.6. The highest BCUT2D eigenvalue weighted by Crippen LogP contribution is 2.21. The van der Waals surface area contributed by atoms with E-state index in [0.717, 1.165) is 22.4 Å². The molecule has 3 rings (SSSR count). The van der Waals surface area contributed by atoms with Crippen LogP contribution in [0.4, 0.5) is 16.3 Å². The average Bonchev–Trinajstić information content (AvgIpc) is 2.96. The van der Waals surface area contributed by atoms with Gasteiger partial charge in [0.2, 0.25) is 0 Å². The van der Waals surface area contributed by atoms with Gasteiger partial charge < -0.3 is 14.8 Å². The molecule has 43 heavy (non-hydrogen) atoms. The first-order valence-corrected chi connectivity index (χ1v) is 13.7. The van der Waals surface area contributed by atoms with E-state index in [2.05, 4.69) is 27.5 Å². The summed E-state index contributed by atoms with van der Waals surface area (Å²) in [5.74, 6) is 5.99. The minimum absolute atomic E-state index is 0.0433. The summed E-state index contributed by atoms with van der Waals surface area (Å²) in [6, 6.07) is 16.0. The Kier molecular flexibility index (Phi) is 11.0. The van der Waals surface area contributed by atoms with Crippen LogP contribution in [0.25, 0.3) is 0 Å². The van der Waals surface area contributed by atoms with Crippen molar-refractivity contribution in [2.24, 2.45) is 0 Å². The molecule has 0 unspecified atom stereocenters. The maximum atomic E-state index is 13.6. The topological polar surface area (TPSA) is 134 Å². The van der Waals surface area contributed by atoms with Crippen LogP contribution in [-0.4, -0.2) is 54.6 Å². The predicted molar refractivity (Wildman–Crippen MR) is 166 cm³/mol. The highest BCUT2D eigenvalue weighted by molar-refractivity contribution is 6.07. The van der Waals surface area contributed by atoms with Crippen LogP contribution in [-0.2, 0) is 14.3 Å². The summed E-state index contributed by atoms with van der Waals surface area (Å²) < 4.78 is 9.94. The fourth-order valence-electron chi connectivity index (χ4n) is 3.98. The number of nitrogens with one attached hydrogen (secondary N) is 3. The Labute approximate surface area is 252 Å². The maximum Gasteiger partial charge on any atom is 0.413 e. The number of rotatable bonds is 8. The van der Waals surface area contributed by atoms with Crippen LogP contribution >= 0.6 is 0 Å². The molecule has 0 saturated carbocycles. The van der Waals surface area contributed by atoms with Gasteiger partial charge in [-0.3, -0.25) is 25.2 Å². The molecule has 0 radical (unpaired) electrons. The number of aromatic nitrogens is 1. The lowest BCUT2D eigenvalue weighted by Crippen LogP contribution is -2.36. The van der Waals surface area contributed by atoms with Gasteiger partial charge in [-0.2, -0.15) is 0 Å². The molecule has 10 nitrogen and oxygen atoms in total. The Morgan fingerprint density at radius 2 is 1.74 bits per heavy atom. The molecule has 0 spiro atoms. The summed E-state index contributed by atoms with van der Waals surface area (Å²) in [6.45, 7) is 9.52. The number of nitrogens with zero attached hydrogens (tertiary/aromatic N) is 2. The zero-order valence-electron chi connectivity index (χ0n) is 25.3. The van der Waals surface area contributed by atoms with Crippen molar-refractivity contribution in [1.82, 2.24) is 10.3 Å². The maximum absolute atomic E-state index is 13.6. The molecule has 1 heterocycles. The summed E-state index contributed by atoms with van der Waals surface area (Å²) in [5.41, 5.74) is 3.59. The minimum Gasteiger partial charge on any atom is -0.469 e. The van der Waals surface area contributed by atoms with E-state index < -0.39 is 17.7 Å². The number of amides is 2. The van der Waals surface area contributed by atoms with Gasteiger partial charge in [0.1, 0.15) is 17.3 Å². The molecule has 1 aromatic heterocycles. The zero-order chi connectivity index (χ0) is 31.6. The summed E-state index contributed by atoms with van der Waals surface area (Å²) in [4.78, 5) is 43.0. The largest absolute Gasteiger partial charge is 0.469 e. The molecule has 3 aromatic rings. The lowest BCUT2D eigenvalue weighted by molar-refractivity contribution is -0.140. The van der Waals surface area contributed by atoms with Crippen LogP contribution in [0.2, 0.25) is 0 Å². The third kappa shape index (κ3) is 9.71. The quantitative estimate of drug-likeness (QED) is 0.143. The van der Waals surface area contributed by atoms with Crippen LogP contribution in [0.5, 0.6) is 0 Å². The van der Waals surface area contributed by atoms with Crippen molar-refractivity contribution < 1.29 is 23.9 Å². The Bertz CT molecular complexity index is 1530. The van der Waals surface area contributed by atoms with Crippen LogP contribution in [0.3, 0.4) is 0 Å². The monoisotopic (exact) mass is 583 g/mol. The average molecular weight is 584 g/mol. The van der Waals surface area contributed by atoms with Crippen molar-refractivity contribution in [1.29, 1.82) is 5.41 Å². The van der Waals surface area contributed by atoms with Gasteiger partial charge in [0, 0.05) is 35.1 Å². The van der Waals surface area contributed by atoms with Crippen molar-refractivity contribution >= 4 is 35.3 Å². The number of esters is 1. The Balaban J connectivity index is 1.65. The number of carbonyl (C=O) groups is 3. The number of amidine groups is 1. The molecule has 0 aliphatic rings. The molecular formula is C33H37N5O5. The molecule has 0 aliphatic heterocycles. The lowest BCUT2D eigenvalue weighted by atomic mass is 9.99. The first-order valence-electron chi connectivity index (χ1n) is 13.7. The van der Waals surface area contributed by atoms with E-state index in [-0.39, 0.29) is 24.7 Å². The van der Waals surface area contributed by atoms with Gasteiger partial charge >= 0.3 is 12.1 Å². The van der Waals surface area contributed by atoms with Crippen LogP contribution in [0, 0.1) is 31.1 Å². The molecule has 0 fully saturated rings. The van der Waals surface area contributed by atoms with Crippen LogP contribution in [0.15, 0.2) is 60.8 Å². The van der Waals surface area contributed by atoms with Gasteiger partial charge in [0.15, 0.2) is 0 Å². The second-order valence-corrected chi connectivity index (χ2v) is 10.7. The fourth-order valence-corrected chi connectivity index (χ4v) is 3.98. The highest BCUT2D eigenvalue weighted by Gasteiger charge is 2.22. The second-order valence-electron chi connectivity index (χ2n) is 10.7. The van der Waals surface area contributed by atoms with E-state index in [4.69, 9.17) is 14.9 Å². The number of pyridine rings is 1. The van der Waals surface area contributed by atoms with E-state index in [0.29, 0.717) is 23.5 Å². The number of hydrogen-bond donors (Lipinski definition) is 3. The standard InChI is InChI=1S/C33H37N5O5/c1-22-21-27(31(40)38(19-16-29(39)42-6)28-11-7-8-17-36-28)23(2)20-25(22)10-9-18-35-26-14-12-24(13-15-26)30(34)37-32(41)43-33(3,4)5/h7-8,11-15,17,20-21,35H,16,18-19H2,1-6H3,(H2,34,37,41). The molecule has 0 atom stereocenters. The Hall–Kier alpha value is -5.17. The molecule has 3 N–H and O–H groups in total. The number of ether oxygens (including phenoxy) is 2. The molecule has 224 valence electrons. The predicted octanol–water partition coefficient (Wildman–Crippen LogP) is 5.22.